The Morgan fingerprint density at radius 1 is 1.39 bits per heavy atom. The van der Waals surface area contributed by atoms with Crippen LogP contribution in [0.3, 0.4) is 0 Å². The molecule has 1 saturated heterocycles. The Balaban J connectivity index is 1.70. The molecule has 150 valence electrons. The molecule has 2 aromatic rings. The number of hydrogen-bond acceptors (Lipinski definition) is 7. The lowest BCUT2D eigenvalue weighted by Crippen LogP contribution is -2.43. The Hall–Kier alpha value is -2.88. The summed E-state index contributed by atoms with van der Waals surface area (Å²) in [5.74, 6) is 0.449. The van der Waals surface area contributed by atoms with E-state index in [0.717, 1.165) is 0 Å². The first-order valence-electron chi connectivity index (χ1n) is 8.65. The maximum atomic E-state index is 12.8. The maximum absolute atomic E-state index is 12.8. The zero-order valence-corrected chi connectivity index (χ0v) is 16.1. The number of nitrogens with zero attached hydrogens (tertiary/aromatic N) is 2. The fraction of sp³-hybridized carbons (Fsp3) is 0.389. The molecule has 1 amide bonds. The smallest absolute Gasteiger partial charge is 0.272 e. The van der Waals surface area contributed by atoms with Crippen LogP contribution in [0.1, 0.15) is 17.7 Å². The van der Waals surface area contributed by atoms with Crippen LogP contribution in [0.5, 0.6) is 5.75 Å². The highest BCUT2D eigenvalue weighted by Crippen LogP contribution is 2.24. The number of rotatable bonds is 7. The second kappa shape index (κ2) is 8.01. The fourth-order valence-electron chi connectivity index (χ4n) is 3.16. The van der Waals surface area contributed by atoms with Crippen molar-refractivity contribution in [2.45, 2.75) is 25.9 Å². The van der Waals surface area contributed by atoms with Gasteiger partial charge >= 0.3 is 0 Å². The predicted molar refractivity (Wildman–Crippen MR) is 99.6 cm³/mol. The molecule has 0 radical (unpaired) electrons. The molecule has 1 aromatic heterocycles. The zero-order chi connectivity index (χ0) is 20.3. The molecule has 28 heavy (non-hydrogen) atoms. The largest absolute Gasteiger partial charge is 0.484 e. The summed E-state index contributed by atoms with van der Waals surface area (Å²) in [5, 5.41) is 10.9. The lowest BCUT2D eigenvalue weighted by atomic mass is 10.2. The number of nitro benzene ring substituents is 1. The summed E-state index contributed by atoms with van der Waals surface area (Å²) in [5.41, 5.74) is 0.388. The molecule has 0 unspecified atom stereocenters. The third kappa shape index (κ3) is 4.69. The molecule has 1 aliphatic heterocycles. The van der Waals surface area contributed by atoms with Crippen LogP contribution < -0.4 is 4.74 Å². The highest BCUT2D eigenvalue weighted by molar-refractivity contribution is 7.91. The van der Waals surface area contributed by atoms with Crippen molar-refractivity contribution in [3.05, 3.63) is 58.0 Å². The minimum Gasteiger partial charge on any atom is -0.484 e. The lowest BCUT2D eigenvalue weighted by molar-refractivity contribution is -0.385. The van der Waals surface area contributed by atoms with E-state index in [1.807, 2.05) is 0 Å². The predicted octanol–water partition coefficient (Wildman–Crippen LogP) is 2.09. The van der Waals surface area contributed by atoms with Crippen molar-refractivity contribution in [2.75, 3.05) is 18.1 Å². The van der Waals surface area contributed by atoms with E-state index >= 15 is 0 Å². The van der Waals surface area contributed by atoms with Crippen LogP contribution in [0.4, 0.5) is 5.69 Å². The van der Waals surface area contributed by atoms with E-state index in [1.165, 1.54) is 29.4 Å². The summed E-state index contributed by atoms with van der Waals surface area (Å²) in [4.78, 5) is 24.6. The second-order valence-electron chi connectivity index (χ2n) is 6.65. The van der Waals surface area contributed by atoms with Gasteiger partial charge in [0.2, 0.25) is 0 Å². The van der Waals surface area contributed by atoms with Crippen LogP contribution in [0.25, 0.3) is 0 Å². The second-order valence-corrected chi connectivity index (χ2v) is 8.88. The molecule has 10 heteroatoms. The monoisotopic (exact) mass is 408 g/mol. The molecule has 2 heterocycles. The van der Waals surface area contributed by atoms with Crippen LogP contribution in [-0.2, 0) is 21.2 Å². The van der Waals surface area contributed by atoms with Crippen LogP contribution in [0, 0.1) is 17.0 Å². The lowest BCUT2D eigenvalue weighted by Gasteiger charge is -2.27. The Morgan fingerprint density at radius 3 is 2.75 bits per heavy atom. The van der Waals surface area contributed by atoms with Gasteiger partial charge in [-0.1, -0.05) is 0 Å². The summed E-state index contributed by atoms with van der Waals surface area (Å²) in [6, 6.07) is 7.20. The number of amides is 1. The van der Waals surface area contributed by atoms with Gasteiger partial charge in [-0.3, -0.25) is 14.9 Å². The van der Waals surface area contributed by atoms with E-state index in [-0.39, 0.29) is 36.3 Å². The Bertz CT molecular complexity index is 970. The first kappa shape index (κ1) is 19.9. The first-order valence-corrected chi connectivity index (χ1v) is 10.5. The molecule has 0 bridgehead atoms. The van der Waals surface area contributed by atoms with Gasteiger partial charge in [-0.15, -0.1) is 0 Å². The standard InChI is InChI=1S/C18H20N2O7S/c1-13-9-15(4-5-17(13)20(22)23)27-11-18(21)19(10-16-3-2-7-26-16)14-6-8-28(24,25)12-14/h2-5,7,9,14H,6,8,10-12H2,1H3/t14-/m0/s1. The Kier molecular flexibility index (Phi) is 5.68. The Labute approximate surface area is 162 Å². The van der Waals surface area contributed by atoms with Gasteiger partial charge in [0.25, 0.3) is 11.6 Å². The number of carbonyl (C=O) groups is 1. The number of ether oxygens (including phenoxy) is 1. The number of sulfone groups is 1. The fourth-order valence-corrected chi connectivity index (χ4v) is 4.89. The summed E-state index contributed by atoms with van der Waals surface area (Å²) in [7, 11) is -3.17. The quantitative estimate of drug-likeness (QED) is 0.508. The van der Waals surface area contributed by atoms with Crippen LogP contribution in [-0.4, -0.2) is 48.3 Å². The molecular weight excluding hydrogens is 388 g/mol. The van der Waals surface area contributed by atoms with Crippen LogP contribution in [0.15, 0.2) is 41.0 Å². The van der Waals surface area contributed by atoms with E-state index in [0.29, 0.717) is 23.5 Å². The van der Waals surface area contributed by atoms with Crippen molar-refractivity contribution >= 4 is 21.4 Å². The number of aryl methyl sites for hydroxylation is 1. The summed E-state index contributed by atoms with van der Waals surface area (Å²) in [6.07, 6.45) is 1.85. The highest BCUT2D eigenvalue weighted by Gasteiger charge is 2.35. The molecule has 1 atom stereocenters. The maximum Gasteiger partial charge on any atom is 0.272 e. The van der Waals surface area contributed by atoms with Crippen LogP contribution in [0.2, 0.25) is 0 Å². The van der Waals surface area contributed by atoms with E-state index in [4.69, 9.17) is 9.15 Å². The molecule has 0 N–H and O–H groups in total. The van der Waals surface area contributed by atoms with Gasteiger partial charge in [-0.25, -0.2) is 8.42 Å². The van der Waals surface area contributed by atoms with Crippen molar-refractivity contribution in [3.63, 3.8) is 0 Å². The third-order valence-corrected chi connectivity index (χ3v) is 6.35. The van der Waals surface area contributed by atoms with E-state index in [2.05, 4.69) is 0 Å². The van der Waals surface area contributed by atoms with E-state index in [1.54, 1.807) is 19.1 Å². The molecule has 3 rings (SSSR count). The number of carbonyl (C=O) groups excluding carboxylic acids is 1. The average molecular weight is 408 g/mol. The molecule has 1 aliphatic rings. The molecule has 0 saturated carbocycles. The minimum absolute atomic E-state index is 0.0331. The summed E-state index contributed by atoms with van der Waals surface area (Å²) in [6.45, 7) is 1.42. The average Bonchev–Trinajstić information content (AvgIpc) is 3.26. The minimum atomic E-state index is -3.17. The van der Waals surface area contributed by atoms with E-state index in [9.17, 15) is 23.3 Å². The molecule has 9 nitrogen and oxygen atoms in total. The normalized spacial score (nSPS) is 18.0. The van der Waals surface area contributed by atoms with Gasteiger partial charge in [0, 0.05) is 17.7 Å². The topological polar surface area (TPSA) is 120 Å². The van der Waals surface area contributed by atoms with Crippen LogP contribution >= 0.6 is 0 Å². The van der Waals surface area contributed by atoms with Gasteiger partial charge in [-0.2, -0.15) is 0 Å². The van der Waals surface area contributed by atoms with Gasteiger partial charge < -0.3 is 14.1 Å². The number of benzene rings is 1. The Morgan fingerprint density at radius 2 is 2.18 bits per heavy atom. The zero-order valence-electron chi connectivity index (χ0n) is 15.2. The SMILES string of the molecule is Cc1cc(OCC(=O)N(Cc2ccco2)[C@H]2CCS(=O)(=O)C2)ccc1[N+](=O)[O-]. The van der Waals surface area contributed by atoms with Crippen molar-refractivity contribution in [2.24, 2.45) is 0 Å². The van der Waals surface area contributed by atoms with E-state index < -0.39 is 20.8 Å². The molecule has 0 aliphatic carbocycles. The molecule has 0 spiro atoms. The highest BCUT2D eigenvalue weighted by atomic mass is 32.2. The van der Waals surface area contributed by atoms with Gasteiger partial charge in [0.1, 0.15) is 11.5 Å². The summed E-state index contributed by atoms with van der Waals surface area (Å²) >= 11 is 0. The van der Waals surface area contributed by atoms with Gasteiger partial charge in [-0.05, 0) is 37.6 Å². The van der Waals surface area contributed by atoms with Crippen molar-refractivity contribution in [1.29, 1.82) is 0 Å². The number of furan rings is 1. The third-order valence-electron chi connectivity index (χ3n) is 4.60. The molecule has 1 fully saturated rings. The number of hydrogen-bond donors (Lipinski definition) is 0. The van der Waals surface area contributed by atoms with Gasteiger partial charge in [0.15, 0.2) is 16.4 Å². The number of nitro groups is 1. The van der Waals surface area contributed by atoms with Crippen molar-refractivity contribution < 1.29 is 27.3 Å². The molecular formula is C18H20N2O7S. The first-order chi connectivity index (χ1) is 13.2. The van der Waals surface area contributed by atoms with Crippen molar-refractivity contribution in [3.8, 4) is 5.75 Å². The van der Waals surface area contributed by atoms with Crippen molar-refractivity contribution in [1.82, 2.24) is 4.90 Å². The summed E-state index contributed by atoms with van der Waals surface area (Å²) < 4.78 is 34.4. The van der Waals surface area contributed by atoms with Gasteiger partial charge in [0.05, 0.1) is 29.2 Å². The molecule has 1 aromatic carbocycles.